The highest BCUT2D eigenvalue weighted by molar-refractivity contribution is 7.45. The molecular weight excluding hydrogens is 1140 g/mol. The number of hydrogen-bond acceptors (Lipinski definition) is 6. The zero-order valence-corrected chi connectivity index (χ0v) is 60.6. The largest absolute Gasteiger partial charge is 0.756 e. The van der Waals surface area contributed by atoms with Gasteiger partial charge in [0.2, 0.25) is 5.91 Å². The van der Waals surface area contributed by atoms with Crippen molar-refractivity contribution in [3.05, 3.63) is 146 Å². The lowest BCUT2D eigenvalue weighted by Crippen LogP contribution is -2.45. The number of quaternary nitrogens is 1. The second kappa shape index (κ2) is 70.7. The van der Waals surface area contributed by atoms with Gasteiger partial charge in [-0.25, -0.2) is 0 Å². The Hall–Kier alpha value is -3.62. The summed E-state index contributed by atoms with van der Waals surface area (Å²) in [6, 6.07) is -0.910. The number of hydrogen-bond donors (Lipinski definition) is 2. The molecule has 0 saturated heterocycles. The molecule has 0 aromatic heterocycles. The molecule has 0 heterocycles. The number of phosphoric acid groups is 1. The lowest BCUT2D eigenvalue weighted by Gasteiger charge is -2.29. The number of phosphoric ester groups is 1. The van der Waals surface area contributed by atoms with Crippen LogP contribution in [0.4, 0.5) is 0 Å². The maximum atomic E-state index is 13.1. The standard InChI is InChI=1S/C82H143N2O6P/c1-6-8-10-12-14-16-18-20-22-24-26-28-30-32-34-36-38-39-40-41-42-43-44-45-46-48-50-52-54-56-58-60-62-64-66-68-70-72-74-76-82(86)83-80(79-90-91(87,88)89-78-77-84(3,4)5)81(85)75-73-71-69-67-65-63-61-59-57-55-53-51-49-47-37-35-33-31-29-27-25-23-21-19-17-15-13-11-9-7-2/h8,10,14,16,20,22,26,28,32,34,38-39,41-42,44-45,48,50,54,56,60,62,73,75,80-81,85H,6-7,9,11-13,15,17-19,21,23-25,27,29-31,33,35-37,40,43,46-47,49,51-53,55,57-59,61,63-72,74,76-79H2,1-5H3,(H-,83,86,87,88)/b10-8-,16-14-,22-20-,28-26-,34-32-,39-38-,42-41-,45-44-,50-48-,56-54-,62-60-,75-73+. The van der Waals surface area contributed by atoms with E-state index in [1.54, 1.807) is 6.08 Å². The van der Waals surface area contributed by atoms with Gasteiger partial charge >= 0.3 is 0 Å². The molecule has 3 unspecified atom stereocenters. The van der Waals surface area contributed by atoms with Crippen molar-refractivity contribution in [1.29, 1.82) is 0 Å². The van der Waals surface area contributed by atoms with E-state index < -0.39 is 26.6 Å². The zero-order valence-electron chi connectivity index (χ0n) is 59.7. The fourth-order valence-corrected chi connectivity index (χ4v) is 11.2. The molecule has 0 radical (unpaired) electrons. The molecule has 0 bridgehead atoms. The Kier molecular flexibility index (Phi) is 67.9. The molecule has 2 N–H and O–H groups in total. The minimum atomic E-state index is -4.62. The van der Waals surface area contributed by atoms with Crippen molar-refractivity contribution in [3.8, 4) is 0 Å². The first-order chi connectivity index (χ1) is 44.5. The van der Waals surface area contributed by atoms with Crippen molar-refractivity contribution in [2.45, 2.75) is 328 Å². The smallest absolute Gasteiger partial charge is 0.268 e. The van der Waals surface area contributed by atoms with Crippen LogP contribution in [0.5, 0.6) is 0 Å². The van der Waals surface area contributed by atoms with Gasteiger partial charge in [-0.05, 0) is 103 Å². The summed E-state index contributed by atoms with van der Waals surface area (Å²) in [5, 5.41) is 14.0. The lowest BCUT2D eigenvalue weighted by atomic mass is 10.0. The SMILES string of the molecule is CC/C=C\C/C=C\C/C=C\C/C=C\C/C=C\C/C=C\C/C=C\C/C=C\C/C=C\C/C=C\C/C=C\CCCCCCCC(=O)NC(COP(=O)([O-])OCC[N+](C)(C)C)C(O)/C=C/CCCCCCCCCCCCCCCCCCCCCCCCCCCCCC. The third kappa shape index (κ3) is 73.7. The molecule has 3 atom stereocenters. The number of allylic oxidation sites excluding steroid dienone is 23. The molecule has 8 nitrogen and oxygen atoms in total. The van der Waals surface area contributed by atoms with E-state index in [0.29, 0.717) is 17.4 Å². The number of rotatable bonds is 68. The summed E-state index contributed by atoms with van der Waals surface area (Å²) >= 11 is 0. The second-order valence-corrected chi connectivity index (χ2v) is 27.7. The summed E-state index contributed by atoms with van der Waals surface area (Å²) in [4.78, 5) is 25.7. The molecule has 0 rings (SSSR count). The van der Waals surface area contributed by atoms with Crippen molar-refractivity contribution in [3.63, 3.8) is 0 Å². The van der Waals surface area contributed by atoms with Crippen LogP contribution in [0, 0.1) is 0 Å². The van der Waals surface area contributed by atoms with Crippen molar-refractivity contribution < 1.29 is 32.9 Å². The minimum absolute atomic E-state index is 0.0120. The van der Waals surface area contributed by atoms with Gasteiger partial charge in [0, 0.05) is 6.42 Å². The molecular formula is C82H143N2O6P. The second-order valence-electron chi connectivity index (χ2n) is 26.3. The van der Waals surface area contributed by atoms with Gasteiger partial charge in [-0.15, -0.1) is 0 Å². The van der Waals surface area contributed by atoms with Crippen LogP contribution >= 0.6 is 7.82 Å². The normalized spacial score (nSPS) is 14.4. The summed E-state index contributed by atoms with van der Waals surface area (Å²) in [5.74, 6) is -0.218. The Bertz CT molecular complexity index is 2000. The van der Waals surface area contributed by atoms with E-state index in [2.05, 4.69) is 153 Å². The molecule has 0 aliphatic rings. The average Bonchev–Trinajstić information content (AvgIpc) is 3.58. The molecule has 0 aliphatic heterocycles. The van der Waals surface area contributed by atoms with Crippen LogP contribution in [-0.2, 0) is 18.4 Å². The number of amides is 1. The highest BCUT2D eigenvalue weighted by atomic mass is 31.2. The third-order valence-corrected chi connectivity index (χ3v) is 17.3. The highest BCUT2D eigenvalue weighted by Gasteiger charge is 2.23. The number of unbranched alkanes of at least 4 members (excludes halogenated alkanes) is 33. The molecule has 0 aromatic rings. The number of carbonyl (C=O) groups is 1. The molecule has 0 fully saturated rings. The van der Waals surface area contributed by atoms with Crippen LogP contribution in [0.1, 0.15) is 316 Å². The Morgan fingerprint density at radius 1 is 0.396 bits per heavy atom. The van der Waals surface area contributed by atoms with Gasteiger partial charge in [0.1, 0.15) is 13.2 Å². The molecule has 0 saturated carbocycles. The number of likely N-dealkylation sites (N-methyl/N-ethyl adjacent to an activating group) is 1. The van der Waals surface area contributed by atoms with E-state index in [1.165, 1.54) is 167 Å². The zero-order chi connectivity index (χ0) is 66.2. The Balaban J connectivity index is 4.16. The van der Waals surface area contributed by atoms with E-state index in [0.717, 1.165) is 128 Å². The minimum Gasteiger partial charge on any atom is -0.756 e. The van der Waals surface area contributed by atoms with E-state index >= 15 is 0 Å². The van der Waals surface area contributed by atoms with E-state index in [-0.39, 0.29) is 12.5 Å². The first-order valence-corrected chi connectivity index (χ1v) is 39.2. The van der Waals surface area contributed by atoms with Crippen LogP contribution in [0.15, 0.2) is 146 Å². The van der Waals surface area contributed by atoms with E-state index in [9.17, 15) is 19.4 Å². The molecule has 91 heavy (non-hydrogen) atoms. The molecule has 522 valence electrons. The molecule has 0 aliphatic carbocycles. The number of nitrogens with zero attached hydrogens (tertiary/aromatic N) is 1. The summed E-state index contributed by atoms with van der Waals surface area (Å²) in [6.07, 6.45) is 108. The Morgan fingerprint density at radius 3 is 0.978 bits per heavy atom. The number of carbonyl (C=O) groups excluding carboxylic acids is 1. The maximum Gasteiger partial charge on any atom is 0.268 e. The van der Waals surface area contributed by atoms with Crippen molar-refractivity contribution in [2.24, 2.45) is 0 Å². The lowest BCUT2D eigenvalue weighted by molar-refractivity contribution is -0.870. The van der Waals surface area contributed by atoms with Gasteiger partial charge in [-0.3, -0.25) is 9.36 Å². The number of aliphatic hydroxyl groups is 1. The van der Waals surface area contributed by atoms with Crippen LogP contribution < -0.4 is 10.2 Å². The number of aliphatic hydroxyl groups excluding tert-OH is 1. The fraction of sp³-hybridized carbons (Fsp3) is 0.695. The van der Waals surface area contributed by atoms with Crippen molar-refractivity contribution in [1.82, 2.24) is 5.32 Å². The Morgan fingerprint density at radius 2 is 0.670 bits per heavy atom. The summed E-state index contributed by atoms with van der Waals surface area (Å²) in [6.45, 7) is 4.54. The summed E-state index contributed by atoms with van der Waals surface area (Å²) in [7, 11) is 1.24. The first kappa shape index (κ1) is 87.4. The summed E-state index contributed by atoms with van der Waals surface area (Å²) in [5.41, 5.74) is 0. The predicted octanol–water partition coefficient (Wildman–Crippen LogP) is 24.1. The molecule has 0 spiro atoms. The van der Waals surface area contributed by atoms with Gasteiger partial charge in [-0.1, -0.05) is 352 Å². The molecule has 9 heteroatoms. The van der Waals surface area contributed by atoms with Crippen LogP contribution in [0.3, 0.4) is 0 Å². The average molecular weight is 1280 g/mol. The molecule has 0 aromatic carbocycles. The monoisotopic (exact) mass is 1280 g/mol. The first-order valence-electron chi connectivity index (χ1n) is 37.7. The Labute approximate surface area is 563 Å². The quantitative estimate of drug-likeness (QED) is 0.0272. The van der Waals surface area contributed by atoms with Crippen LogP contribution in [-0.4, -0.2) is 68.5 Å². The highest BCUT2D eigenvalue weighted by Crippen LogP contribution is 2.38. The number of nitrogens with one attached hydrogen (secondary N) is 1. The van der Waals surface area contributed by atoms with Gasteiger partial charge in [0.05, 0.1) is 39.9 Å². The van der Waals surface area contributed by atoms with E-state index in [1.807, 2.05) is 27.2 Å². The predicted molar refractivity (Wildman–Crippen MR) is 398 cm³/mol. The summed E-state index contributed by atoms with van der Waals surface area (Å²) < 4.78 is 23.5. The van der Waals surface area contributed by atoms with Crippen LogP contribution in [0.25, 0.3) is 0 Å². The topological polar surface area (TPSA) is 108 Å². The third-order valence-electron chi connectivity index (χ3n) is 16.3. The van der Waals surface area contributed by atoms with Gasteiger partial charge in [0.15, 0.2) is 0 Å². The maximum absolute atomic E-state index is 13.1. The fourth-order valence-electron chi connectivity index (χ4n) is 10.5. The van der Waals surface area contributed by atoms with Gasteiger partial charge in [-0.2, -0.15) is 0 Å². The van der Waals surface area contributed by atoms with Crippen molar-refractivity contribution in [2.75, 3.05) is 40.9 Å². The van der Waals surface area contributed by atoms with Crippen molar-refractivity contribution >= 4 is 13.7 Å². The molecule has 1 amide bonds. The van der Waals surface area contributed by atoms with Gasteiger partial charge < -0.3 is 28.8 Å². The van der Waals surface area contributed by atoms with Gasteiger partial charge in [0.25, 0.3) is 7.82 Å². The van der Waals surface area contributed by atoms with Crippen LogP contribution in [0.2, 0.25) is 0 Å². The van der Waals surface area contributed by atoms with E-state index in [4.69, 9.17) is 9.05 Å².